The third kappa shape index (κ3) is 3.24. The molecule has 0 radical (unpaired) electrons. The van der Waals surface area contributed by atoms with Gasteiger partial charge in [-0.2, -0.15) is 0 Å². The highest BCUT2D eigenvalue weighted by Gasteiger charge is 2.48. The van der Waals surface area contributed by atoms with Crippen LogP contribution in [0.1, 0.15) is 30.3 Å². The summed E-state index contributed by atoms with van der Waals surface area (Å²) in [6.07, 6.45) is 2.93. The van der Waals surface area contributed by atoms with E-state index in [1.54, 1.807) is 6.07 Å². The standard InChI is InChI=1S/C14H18N2O5/c1-14(13(19)20,9-5-6-9)15-11(17)8-16(2)12(18)10-4-3-7-21-10/h3-4,7,9H,5-6,8H2,1-2H3,(H,15,17)(H,19,20). The van der Waals surface area contributed by atoms with Gasteiger partial charge in [0.2, 0.25) is 5.91 Å². The van der Waals surface area contributed by atoms with Crippen LogP contribution in [0.5, 0.6) is 0 Å². The third-order valence-corrected chi connectivity index (χ3v) is 3.70. The lowest BCUT2D eigenvalue weighted by Crippen LogP contribution is -2.56. The Kier molecular flexibility index (Phi) is 4.02. The molecule has 0 spiro atoms. The molecule has 0 bridgehead atoms. The normalized spacial score (nSPS) is 16.9. The summed E-state index contributed by atoms with van der Waals surface area (Å²) < 4.78 is 4.97. The molecule has 21 heavy (non-hydrogen) atoms. The molecule has 2 rings (SSSR count). The Hall–Kier alpha value is -2.31. The number of hydrogen-bond donors (Lipinski definition) is 2. The van der Waals surface area contributed by atoms with E-state index < -0.39 is 23.3 Å². The lowest BCUT2D eigenvalue weighted by Gasteiger charge is -2.27. The van der Waals surface area contributed by atoms with Crippen molar-refractivity contribution >= 4 is 17.8 Å². The van der Waals surface area contributed by atoms with Gasteiger partial charge in [0.05, 0.1) is 12.8 Å². The van der Waals surface area contributed by atoms with Crippen molar-refractivity contribution in [3.05, 3.63) is 24.2 Å². The Balaban J connectivity index is 1.95. The molecule has 7 nitrogen and oxygen atoms in total. The van der Waals surface area contributed by atoms with Crippen LogP contribution in [0.15, 0.2) is 22.8 Å². The lowest BCUT2D eigenvalue weighted by atomic mass is 9.96. The molecule has 0 saturated heterocycles. The monoisotopic (exact) mass is 294 g/mol. The maximum absolute atomic E-state index is 12.0. The highest BCUT2D eigenvalue weighted by molar-refractivity contribution is 5.95. The lowest BCUT2D eigenvalue weighted by molar-refractivity contribution is -0.148. The third-order valence-electron chi connectivity index (χ3n) is 3.70. The van der Waals surface area contributed by atoms with Crippen molar-refractivity contribution in [2.24, 2.45) is 5.92 Å². The first-order valence-corrected chi connectivity index (χ1v) is 6.68. The fourth-order valence-corrected chi connectivity index (χ4v) is 2.20. The van der Waals surface area contributed by atoms with Crippen molar-refractivity contribution in [1.29, 1.82) is 0 Å². The van der Waals surface area contributed by atoms with Crippen LogP contribution in [0, 0.1) is 5.92 Å². The van der Waals surface area contributed by atoms with Crippen LogP contribution >= 0.6 is 0 Å². The predicted molar refractivity (Wildman–Crippen MR) is 72.6 cm³/mol. The minimum Gasteiger partial charge on any atom is -0.480 e. The van der Waals surface area contributed by atoms with Crippen LogP contribution in [0.4, 0.5) is 0 Å². The number of likely N-dealkylation sites (N-methyl/N-ethyl adjacent to an activating group) is 1. The summed E-state index contributed by atoms with van der Waals surface area (Å²) in [7, 11) is 1.46. The topological polar surface area (TPSA) is 99.9 Å². The average Bonchev–Trinajstić information content (AvgIpc) is 3.13. The predicted octanol–water partition coefficient (Wildman–Crippen LogP) is 0.721. The second-order valence-electron chi connectivity index (χ2n) is 5.47. The Morgan fingerprint density at radius 2 is 2.14 bits per heavy atom. The van der Waals surface area contributed by atoms with Gasteiger partial charge in [-0.3, -0.25) is 9.59 Å². The van der Waals surface area contributed by atoms with E-state index in [-0.39, 0.29) is 18.2 Å². The molecule has 1 saturated carbocycles. The van der Waals surface area contributed by atoms with Crippen LogP contribution in [0.2, 0.25) is 0 Å². The molecule has 114 valence electrons. The molecule has 2 N–H and O–H groups in total. The van der Waals surface area contributed by atoms with Gasteiger partial charge in [-0.25, -0.2) is 4.79 Å². The summed E-state index contributed by atoms with van der Waals surface area (Å²) in [5, 5.41) is 11.8. The molecular weight excluding hydrogens is 276 g/mol. The van der Waals surface area contributed by atoms with Gasteiger partial charge in [0.1, 0.15) is 5.54 Å². The molecule has 7 heteroatoms. The van der Waals surface area contributed by atoms with E-state index in [4.69, 9.17) is 4.42 Å². The quantitative estimate of drug-likeness (QED) is 0.805. The van der Waals surface area contributed by atoms with Crippen LogP contribution in [-0.2, 0) is 9.59 Å². The first-order valence-electron chi connectivity index (χ1n) is 6.68. The summed E-state index contributed by atoms with van der Waals surface area (Å²) in [6.45, 7) is 1.27. The van der Waals surface area contributed by atoms with Crippen LogP contribution in [0.3, 0.4) is 0 Å². The minimum atomic E-state index is -1.27. The van der Waals surface area contributed by atoms with E-state index in [1.165, 1.54) is 31.2 Å². The zero-order valence-corrected chi connectivity index (χ0v) is 12.0. The van der Waals surface area contributed by atoms with Gasteiger partial charge in [0.25, 0.3) is 5.91 Å². The number of amides is 2. The number of carboxylic acid groups (broad SMARTS) is 1. The largest absolute Gasteiger partial charge is 0.480 e. The summed E-state index contributed by atoms with van der Waals surface area (Å²) in [5.74, 6) is -1.91. The van der Waals surface area contributed by atoms with Gasteiger partial charge in [0.15, 0.2) is 5.76 Å². The fourth-order valence-electron chi connectivity index (χ4n) is 2.20. The number of aliphatic carboxylic acids is 1. The highest BCUT2D eigenvalue weighted by atomic mass is 16.4. The zero-order chi connectivity index (χ0) is 15.6. The van der Waals surface area contributed by atoms with Crippen molar-refractivity contribution in [2.45, 2.75) is 25.3 Å². The minimum absolute atomic E-state index is 0.0509. The second kappa shape index (κ2) is 5.59. The smallest absolute Gasteiger partial charge is 0.329 e. The maximum Gasteiger partial charge on any atom is 0.329 e. The molecule has 1 atom stereocenters. The molecule has 1 fully saturated rings. The van der Waals surface area contributed by atoms with Crippen LogP contribution < -0.4 is 5.32 Å². The van der Waals surface area contributed by atoms with Crippen molar-refractivity contribution in [2.75, 3.05) is 13.6 Å². The molecule has 1 aliphatic carbocycles. The van der Waals surface area contributed by atoms with Crippen molar-refractivity contribution in [3.63, 3.8) is 0 Å². The van der Waals surface area contributed by atoms with Gasteiger partial charge < -0.3 is 19.7 Å². The first-order chi connectivity index (χ1) is 9.84. The van der Waals surface area contributed by atoms with E-state index in [1.807, 2.05) is 0 Å². The van der Waals surface area contributed by atoms with Crippen LogP contribution in [0.25, 0.3) is 0 Å². The SMILES string of the molecule is CN(CC(=O)NC(C)(C(=O)O)C1CC1)C(=O)c1ccco1. The van der Waals surface area contributed by atoms with Crippen molar-refractivity contribution in [3.8, 4) is 0 Å². The Morgan fingerprint density at radius 1 is 1.48 bits per heavy atom. The van der Waals surface area contributed by atoms with Gasteiger partial charge in [-0.15, -0.1) is 0 Å². The van der Waals surface area contributed by atoms with E-state index >= 15 is 0 Å². The Morgan fingerprint density at radius 3 is 2.62 bits per heavy atom. The van der Waals surface area contributed by atoms with Gasteiger partial charge in [-0.05, 0) is 37.8 Å². The summed E-state index contributed by atoms with van der Waals surface area (Å²) >= 11 is 0. The zero-order valence-electron chi connectivity index (χ0n) is 12.0. The molecule has 1 unspecified atom stereocenters. The highest BCUT2D eigenvalue weighted by Crippen LogP contribution is 2.39. The summed E-state index contributed by atoms with van der Waals surface area (Å²) in [4.78, 5) is 36.4. The number of carbonyl (C=O) groups excluding carboxylic acids is 2. The van der Waals surface area contributed by atoms with E-state index in [9.17, 15) is 19.5 Å². The number of carbonyl (C=O) groups is 3. The number of furan rings is 1. The number of rotatable bonds is 6. The van der Waals surface area contributed by atoms with E-state index in [0.29, 0.717) is 0 Å². The Labute approximate surface area is 121 Å². The number of nitrogens with one attached hydrogen (secondary N) is 1. The molecule has 1 aromatic rings. The van der Waals surface area contributed by atoms with Gasteiger partial charge in [-0.1, -0.05) is 0 Å². The first kappa shape index (κ1) is 15.1. The molecule has 2 amide bonds. The molecular formula is C14H18N2O5. The molecule has 1 aromatic heterocycles. The van der Waals surface area contributed by atoms with Gasteiger partial charge in [0, 0.05) is 7.05 Å². The van der Waals surface area contributed by atoms with E-state index in [2.05, 4.69) is 5.32 Å². The number of hydrogen-bond acceptors (Lipinski definition) is 4. The fraction of sp³-hybridized carbons (Fsp3) is 0.500. The molecule has 1 heterocycles. The Bertz CT molecular complexity index is 550. The molecule has 1 aliphatic rings. The summed E-state index contributed by atoms with van der Waals surface area (Å²) in [5.41, 5.74) is -1.27. The van der Waals surface area contributed by atoms with Crippen molar-refractivity contribution in [1.82, 2.24) is 10.2 Å². The second-order valence-corrected chi connectivity index (χ2v) is 5.47. The number of carboxylic acids is 1. The van der Waals surface area contributed by atoms with Crippen molar-refractivity contribution < 1.29 is 23.9 Å². The maximum atomic E-state index is 12.0. The summed E-state index contributed by atoms with van der Waals surface area (Å²) in [6, 6.07) is 3.08. The average molecular weight is 294 g/mol. The molecule has 0 aliphatic heterocycles. The van der Waals surface area contributed by atoms with E-state index in [0.717, 1.165) is 12.8 Å². The van der Waals surface area contributed by atoms with Crippen LogP contribution in [-0.4, -0.2) is 46.9 Å². The molecule has 0 aromatic carbocycles. The number of nitrogens with zero attached hydrogens (tertiary/aromatic N) is 1. The van der Waals surface area contributed by atoms with Gasteiger partial charge >= 0.3 is 5.97 Å².